The van der Waals surface area contributed by atoms with E-state index in [2.05, 4.69) is 5.32 Å². The van der Waals surface area contributed by atoms with Crippen molar-refractivity contribution in [3.05, 3.63) is 30.1 Å². The molecule has 1 aromatic rings. The average molecular weight is 349 g/mol. The van der Waals surface area contributed by atoms with E-state index in [1.54, 1.807) is 12.1 Å². The zero-order valence-electron chi connectivity index (χ0n) is 14.1. The van der Waals surface area contributed by atoms with Gasteiger partial charge in [0.25, 0.3) is 0 Å². The minimum Gasteiger partial charge on any atom is -0.488 e. The van der Waals surface area contributed by atoms with Crippen molar-refractivity contribution in [2.45, 2.75) is 57.1 Å². The van der Waals surface area contributed by atoms with Crippen molar-refractivity contribution in [1.29, 1.82) is 0 Å². The molecular weight excluding hydrogens is 325 g/mol. The van der Waals surface area contributed by atoms with Gasteiger partial charge in [-0.2, -0.15) is 0 Å². The summed E-state index contributed by atoms with van der Waals surface area (Å²) in [6, 6.07) is 5.88. The molecule has 2 aliphatic carbocycles. The van der Waals surface area contributed by atoms with E-state index in [0.717, 1.165) is 25.7 Å². The summed E-state index contributed by atoms with van der Waals surface area (Å²) in [5.74, 6) is -0.465. The number of carbonyl (C=O) groups is 2. The second-order valence-corrected chi connectivity index (χ2v) is 7.14. The Morgan fingerprint density at radius 2 is 1.84 bits per heavy atom. The number of hydrogen-bond donors (Lipinski definition) is 2. The monoisotopic (exact) mass is 349 g/mol. The van der Waals surface area contributed by atoms with Crippen molar-refractivity contribution in [3.63, 3.8) is 0 Å². The number of nitrogens with one attached hydrogen (secondary N) is 1. The highest BCUT2D eigenvalue weighted by atomic mass is 19.1. The van der Waals surface area contributed by atoms with Gasteiger partial charge in [-0.25, -0.2) is 4.39 Å². The predicted molar refractivity (Wildman–Crippen MR) is 89.7 cm³/mol. The molecule has 2 fully saturated rings. The summed E-state index contributed by atoms with van der Waals surface area (Å²) >= 11 is 0. The topological polar surface area (TPSA) is 75.6 Å². The van der Waals surface area contributed by atoms with Gasteiger partial charge in [0.1, 0.15) is 17.7 Å². The Bertz CT molecular complexity index is 612. The maximum atomic E-state index is 13.0. The lowest BCUT2D eigenvalue weighted by Crippen LogP contribution is -2.51. The highest BCUT2D eigenvalue weighted by molar-refractivity contribution is 5.80. The summed E-state index contributed by atoms with van der Waals surface area (Å²) in [4.78, 5) is 23.1. The van der Waals surface area contributed by atoms with Gasteiger partial charge in [-0.3, -0.25) is 9.59 Å². The molecule has 2 aliphatic rings. The second kappa shape index (κ2) is 7.85. The van der Waals surface area contributed by atoms with Crippen LogP contribution in [0.25, 0.3) is 0 Å². The molecule has 0 bridgehead atoms. The first-order valence-electron chi connectivity index (χ1n) is 8.95. The fraction of sp³-hybridized carbons (Fsp3) is 0.579. The van der Waals surface area contributed by atoms with Gasteiger partial charge in [0.15, 0.2) is 0 Å². The number of ether oxygens (including phenoxy) is 1. The SMILES string of the molecule is O=C(O)CC1CC(C(=O)N[C@@H]2CCCC[C@@H]2Oc2ccc(F)cc2)C1. The van der Waals surface area contributed by atoms with Crippen LogP contribution in [0.2, 0.25) is 0 Å². The molecule has 2 saturated carbocycles. The van der Waals surface area contributed by atoms with E-state index in [1.165, 1.54) is 12.1 Å². The number of benzene rings is 1. The van der Waals surface area contributed by atoms with Crippen molar-refractivity contribution in [2.24, 2.45) is 11.8 Å². The zero-order valence-corrected chi connectivity index (χ0v) is 14.1. The summed E-state index contributed by atoms with van der Waals surface area (Å²) in [5, 5.41) is 11.9. The number of amides is 1. The van der Waals surface area contributed by atoms with Gasteiger partial charge in [0.05, 0.1) is 6.04 Å². The number of rotatable bonds is 6. The Kier molecular flexibility index (Phi) is 5.56. The van der Waals surface area contributed by atoms with Gasteiger partial charge in [-0.1, -0.05) is 6.42 Å². The minimum atomic E-state index is -0.802. The van der Waals surface area contributed by atoms with Crippen LogP contribution in [0.1, 0.15) is 44.9 Å². The van der Waals surface area contributed by atoms with Crippen molar-refractivity contribution in [1.82, 2.24) is 5.32 Å². The van der Waals surface area contributed by atoms with E-state index in [4.69, 9.17) is 9.84 Å². The Labute approximate surface area is 146 Å². The van der Waals surface area contributed by atoms with Crippen LogP contribution in [0.4, 0.5) is 4.39 Å². The molecule has 25 heavy (non-hydrogen) atoms. The third-order valence-electron chi connectivity index (χ3n) is 5.20. The number of hydrogen-bond acceptors (Lipinski definition) is 3. The van der Waals surface area contributed by atoms with E-state index >= 15 is 0 Å². The van der Waals surface area contributed by atoms with Crippen LogP contribution in [-0.4, -0.2) is 29.1 Å². The molecule has 6 heteroatoms. The third kappa shape index (κ3) is 4.71. The van der Waals surface area contributed by atoms with Crippen LogP contribution < -0.4 is 10.1 Å². The fourth-order valence-corrected chi connectivity index (χ4v) is 3.75. The van der Waals surface area contributed by atoms with Crippen LogP contribution in [0.5, 0.6) is 5.75 Å². The van der Waals surface area contributed by atoms with E-state index in [-0.39, 0.29) is 42.1 Å². The van der Waals surface area contributed by atoms with E-state index in [9.17, 15) is 14.0 Å². The van der Waals surface area contributed by atoms with Crippen molar-refractivity contribution in [3.8, 4) is 5.75 Å². The van der Waals surface area contributed by atoms with E-state index in [1.807, 2.05) is 0 Å². The normalized spacial score (nSPS) is 28.7. The first kappa shape index (κ1) is 17.7. The Morgan fingerprint density at radius 3 is 2.52 bits per heavy atom. The van der Waals surface area contributed by atoms with E-state index < -0.39 is 5.97 Å². The first-order valence-corrected chi connectivity index (χ1v) is 8.95. The molecule has 5 nitrogen and oxygen atoms in total. The van der Waals surface area contributed by atoms with Crippen LogP contribution in [0.15, 0.2) is 24.3 Å². The number of aliphatic carboxylic acids is 1. The van der Waals surface area contributed by atoms with Gasteiger partial charge in [0.2, 0.25) is 5.91 Å². The fourth-order valence-electron chi connectivity index (χ4n) is 3.75. The molecule has 0 aliphatic heterocycles. The Hall–Kier alpha value is -2.11. The van der Waals surface area contributed by atoms with Gasteiger partial charge >= 0.3 is 5.97 Å². The summed E-state index contributed by atoms with van der Waals surface area (Å²) in [7, 11) is 0. The number of halogens is 1. The summed E-state index contributed by atoms with van der Waals surface area (Å²) in [6.45, 7) is 0. The first-order chi connectivity index (χ1) is 12.0. The summed E-state index contributed by atoms with van der Waals surface area (Å²) < 4.78 is 19.0. The number of carboxylic acids is 1. The molecule has 0 saturated heterocycles. The minimum absolute atomic E-state index is 0.00115. The molecule has 0 unspecified atom stereocenters. The molecule has 0 spiro atoms. The summed E-state index contributed by atoms with van der Waals surface area (Å²) in [6.07, 6.45) is 5.13. The molecule has 0 aromatic heterocycles. The molecule has 3 rings (SSSR count). The van der Waals surface area contributed by atoms with Crippen molar-refractivity contribution >= 4 is 11.9 Å². The third-order valence-corrected chi connectivity index (χ3v) is 5.20. The highest BCUT2D eigenvalue weighted by Crippen LogP contribution is 2.36. The lowest BCUT2D eigenvalue weighted by Gasteiger charge is -2.37. The molecule has 1 aromatic carbocycles. The number of carboxylic acid groups (broad SMARTS) is 1. The standard InChI is InChI=1S/C19H24FNO4/c20-14-5-7-15(8-6-14)25-17-4-2-1-3-16(17)21-19(24)13-9-12(10-13)11-18(22)23/h5-8,12-13,16-17H,1-4,9-11H2,(H,21,24)(H,22,23)/t12?,13?,16-,17+/m1/s1. The highest BCUT2D eigenvalue weighted by Gasteiger charge is 2.37. The largest absolute Gasteiger partial charge is 0.488 e. The van der Waals surface area contributed by atoms with Crippen molar-refractivity contribution in [2.75, 3.05) is 0 Å². The Balaban J connectivity index is 1.52. The molecule has 0 heterocycles. The molecule has 0 radical (unpaired) electrons. The van der Waals surface area contributed by atoms with Crippen LogP contribution in [0, 0.1) is 17.7 Å². The van der Waals surface area contributed by atoms with Gasteiger partial charge < -0.3 is 15.2 Å². The summed E-state index contributed by atoms with van der Waals surface area (Å²) in [5.41, 5.74) is 0. The van der Waals surface area contributed by atoms with Crippen LogP contribution >= 0.6 is 0 Å². The quantitative estimate of drug-likeness (QED) is 0.827. The lowest BCUT2D eigenvalue weighted by molar-refractivity contribution is -0.141. The smallest absolute Gasteiger partial charge is 0.303 e. The number of carbonyl (C=O) groups excluding carboxylic acids is 1. The zero-order chi connectivity index (χ0) is 17.8. The Morgan fingerprint density at radius 1 is 1.16 bits per heavy atom. The maximum absolute atomic E-state index is 13.0. The molecule has 136 valence electrons. The maximum Gasteiger partial charge on any atom is 0.303 e. The molecule has 1 amide bonds. The van der Waals surface area contributed by atoms with E-state index in [0.29, 0.717) is 18.6 Å². The van der Waals surface area contributed by atoms with Crippen LogP contribution in [0.3, 0.4) is 0 Å². The van der Waals surface area contributed by atoms with Gasteiger partial charge in [-0.15, -0.1) is 0 Å². The molecule has 2 atom stereocenters. The van der Waals surface area contributed by atoms with Crippen molar-refractivity contribution < 1.29 is 23.8 Å². The second-order valence-electron chi connectivity index (χ2n) is 7.14. The van der Waals surface area contributed by atoms with Gasteiger partial charge in [-0.05, 0) is 62.3 Å². The molecule has 2 N–H and O–H groups in total. The lowest BCUT2D eigenvalue weighted by atomic mass is 9.72. The average Bonchev–Trinajstić information content (AvgIpc) is 2.54. The van der Waals surface area contributed by atoms with Crippen LogP contribution in [-0.2, 0) is 9.59 Å². The van der Waals surface area contributed by atoms with Gasteiger partial charge in [0, 0.05) is 12.3 Å². The molecular formula is C19H24FNO4. The predicted octanol–water partition coefficient (Wildman–Crippen LogP) is 3.13.